The summed E-state index contributed by atoms with van der Waals surface area (Å²) >= 11 is 0. The van der Waals surface area contributed by atoms with Gasteiger partial charge in [-0.2, -0.15) is 0 Å². The minimum atomic E-state index is -0.430. The number of nitrogens with one attached hydrogen (secondary N) is 1. The summed E-state index contributed by atoms with van der Waals surface area (Å²) in [5, 5.41) is 18.8. The lowest BCUT2D eigenvalue weighted by molar-refractivity contribution is -0.383. The van der Waals surface area contributed by atoms with E-state index in [1.807, 2.05) is 13.0 Å². The van der Waals surface area contributed by atoms with Gasteiger partial charge in [0.25, 0.3) is 5.69 Å². The maximum absolute atomic E-state index is 11.0. The Morgan fingerprint density at radius 2 is 2.24 bits per heavy atom. The molecule has 0 unspecified atom stereocenters. The minimum absolute atomic E-state index is 0.00608. The van der Waals surface area contributed by atoms with Crippen molar-refractivity contribution in [1.82, 2.24) is 10.1 Å². The maximum atomic E-state index is 11.0. The summed E-state index contributed by atoms with van der Waals surface area (Å²) in [6, 6.07) is 8.50. The summed E-state index contributed by atoms with van der Waals surface area (Å²) in [6.45, 7) is 2.29. The lowest BCUT2D eigenvalue weighted by atomic mass is 10.1. The number of para-hydroxylation sites is 1. The normalized spacial score (nSPS) is 10.7. The van der Waals surface area contributed by atoms with Gasteiger partial charge in [0, 0.05) is 29.4 Å². The fraction of sp³-hybridized carbons (Fsp3) is 0.143. The number of aromatic nitrogens is 2. The fourth-order valence-electron chi connectivity index (χ4n) is 2.15. The van der Waals surface area contributed by atoms with Gasteiger partial charge in [-0.25, -0.2) is 4.98 Å². The van der Waals surface area contributed by atoms with E-state index in [1.165, 1.54) is 6.07 Å². The first-order valence-corrected chi connectivity index (χ1v) is 6.33. The Labute approximate surface area is 119 Å². The van der Waals surface area contributed by atoms with Crippen LogP contribution in [0, 0.1) is 17.0 Å². The molecule has 7 nitrogen and oxygen atoms in total. The predicted molar refractivity (Wildman–Crippen MR) is 77.0 cm³/mol. The molecule has 106 valence electrons. The molecule has 0 saturated heterocycles. The molecular weight excluding hydrogens is 272 g/mol. The second-order valence-electron chi connectivity index (χ2n) is 4.57. The van der Waals surface area contributed by atoms with Crippen LogP contribution in [-0.4, -0.2) is 15.1 Å². The largest absolute Gasteiger partial charge is 0.379 e. The third-order valence-corrected chi connectivity index (χ3v) is 3.08. The molecule has 0 spiro atoms. The summed E-state index contributed by atoms with van der Waals surface area (Å²) in [4.78, 5) is 14.7. The minimum Gasteiger partial charge on any atom is -0.379 e. The van der Waals surface area contributed by atoms with Crippen molar-refractivity contribution in [2.45, 2.75) is 13.5 Å². The first kappa shape index (κ1) is 13.0. The lowest BCUT2D eigenvalue weighted by Gasteiger charge is -2.07. The van der Waals surface area contributed by atoms with Crippen LogP contribution in [0.5, 0.6) is 0 Å². The Hall–Kier alpha value is -2.96. The van der Waals surface area contributed by atoms with Crippen molar-refractivity contribution < 1.29 is 9.45 Å². The van der Waals surface area contributed by atoms with E-state index in [0.29, 0.717) is 17.4 Å². The number of pyridine rings is 1. The molecular formula is C14H12N4O3. The summed E-state index contributed by atoms with van der Waals surface area (Å²) in [5.74, 6) is 0.738. The first-order chi connectivity index (χ1) is 10.1. The van der Waals surface area contributed by atoms with Crippen molar-refractivity contribution in [2.75, 3.05) is 5.32 Å². The van der Waals surface area contributed by atoms with E-state index in [0.717, 1.165) is 17.1 Å². The molecule has 0 fully saturated rings. The Morgan fingerprint density at radius 1 is 1.38 bits per heavy atom. The highest BCUT2D eigenvalue weighted by atomic mass is 16.6. The van der Waals surface area contributed by atoms with Crippen molar-refractivity contribution in [2.24, 2.45) is 0 Å². The molecule has 2 aromatic heterocycles. The van der Waals surface area contributed by atoms with Crippen molar-refractivity contribution in [3.63, 3.8) is 0 Å². The van der Waals surface area contributed by atoms with Gasteiger partial charge in [-0.05, 0) is 13.0 Å². The molecule has 0 amide bonds. The zero-order valence-electron chi connectivity index (χ0n) is 11.2. The summed E-state index contributed by atoms with van der Waals surface area (Å²) in [7, 11) is 0. The zero-order valence-corrected chi connectivity index (χ0v) is 11.2. The topological polar surface area (TPSA) is 94.1 Å². The van der Waals surface area contributed by atoms with Crippen LogP contribution in [0.25, 0.3) is 10.9 Å². The highest BCUT2D eigenvalue weighted by Gasteiger charge is 2.14. The number of hydrogen-bond acceptors (Lipinski definition) is 6. The van der Waals surface area contributed by atoms with Gasteiger partial charge in [0.05, 0.1) is 11.5 Å². The van der Waals surface area contributed by atoms with Crippen molar-refractivity contribution in [3.05, 3.63) is 58.1 Å². The van der Waals surface area contributed by atoms with Crippen molar-refractivity contribution >= 4 is 22.3 Å². The van der Waals surface area contributed by atoms with Crippen LogP contribution in [0.2, 0.25) is 0 Å². The van der Waals surface area contributed by atoms with Crippen LogP contribution in [0.1, 0.15) is 11.5 Å². The van der Waals surface area contributed by atoms with Crippen molar-refractivity contribution in [1.29, 1.82) is 0 Å². The zero-order chi connectivity index (χ0) is 14.8. The fourth-order valence-corrected chi connectivity index (χ4v) is 2.15. The quantitative estimate of drug-likeness (QED) is 0.584. The highest BCUT2D eigenvalue weighted by Crippen LogP contribution is 2.28. The van der Waals surface area contributed by atoms with Gasteiger partial charge in [-0.1, -0.05) is 17.3 Å². The van der Waals surface area contributed by atoms with Crippen LogP contribution in [0.3, 0.4) is 0 Å². The molecule has 0 aliphatic carbocycles. The van der Waals surface area contributed by atoms with E-state index in [-0.39, 0.29) is 5.69 Å². The average molecular weight is 284 g/mol. The van der Waals surface area contributed by atoms with Gasteiger partial charge < -0.3 is 9.84 Å². The second kappa shape index (κ2) is 5.20. The number of non-ortho nitro benzene ring substituents is 1. The number of rotatable bonds is 4. The van der Waals surface area contributed by atoms with E-state index >= 15 is 0 Å². The van der Waals surface area contributed by atoms with Crippen LogP contribution < -0.4 is 5.32 Å². The molecule has 0 bridgehead atoms. The molecule has 3 rings (SSSR count). The first-order valence-electron chi connectivity index (χ1n) is 6.33. The third-order valence-electron chi connectivity index (χ3n) is 3.08. The molecule has 21 heavy (non-hydrogen) atoms. The number of nitrogens with zero attached hydrogens (tertiary/aromatic N) is 3. The van der Waals surface area contributed by atoms with Crippen LogP contribution in [-0.2, 0) is 6.54 Å². The number of anilines is 1. The molecule has 1 N–H and O–H groups in total. The Kier molecular flexibility index (Phi) is 3.23. The van der Waals surface area contributed by atoms with Crippen LogP contribution in [0.15, 0.2) is 41.1 Å². The smallest absolute Gasteiger partial charge is 0.295 e. The van der Waals surface area contributed by atoms with Gasteiger partial charge in [0.1, 0.15) is 17.0 Å². The SMILES string of the molecule is Cc1cc(CNc2ccnc3c([N+](=O)[O-])cccc23)no1. The molecule has 1 aromatic carbocycles. The molecule has 3 aromatic rings. The highest BCUT2D eigenvalue weighted by molar-refractivity contribution is 5.96. The molecule has 0 aliphatic heterocycles. The summed E-state index contributed by atoms with van der Waals surface area (Å²) in [5.41, 5.74) is 1.89. The van der Waals surface area contributed by atoms with Gasteiger partial charge in [-0.15, -0.1) is 0 Å². The standard InChI is InChI=1S/C14H12N4O3/c1-9-7-10(17-21-9)8-16-12-5-6-15-14-11(12)3-2-4-13(14)18(19)20/h2-7H,8H2,1H3,(H,15,16). The Morgan fingerprint density at radius 3 is 2.95 bits per heavy atom. The van der Waals surface area contributed by atoms with E-state index < -0.39 is 4.92 Å². The van der Waals surface area contributed by atoms with E-state index in [4.69, 9.17) is 4.52 Å². The molecule has 0 radical (unpaired) electrons. The van der Waals surface area contributed by atoms with E-state index in [1.54, 1.807) is 24.4 Å². The summed E-state index contributed by atoms with van der Waals surface area (Å²) < 4.78 is 5.00. The van der Waals surface area contributed by atoms with Gasteiger partial charge in [0.15, 0.2) is 0 Å². The molecule has 0 aliphatic rings. The number of fused-ring (bicyclic) bond motifs is 1. The Bertz CT molecular complexity index is 813. The molecule has 2 heterocycles. The molecule has 0 atom stereocenters. The lowest BCUT2D eigenvalue weighted by Crippen LogP contribution is -2.01. The maximum Gasteiger partial charge on any atom is 0.295 e. The monoisotopic (exact) mass is 284 g/mol. The molecule has 7 heteroatoms. The number of aryl methyl sites for hydroxylation is 1. The number of nitro groups is 1. The number of benzene rings is 1. The van der Waals surface area contributed by atoms with E-state index in [2.05, 4.69) is 15.5 Å². The number of nitro benzene ring substituents is 1. The average Bonchev–Trinajstić information content (AvgIpc) is 2.90. The van der Waals surface area contributed by atoms with Gasteiger partial charge in [-0.3, -0.25) is 10.1 Å². The second-order valence-corrected chi connectivity index (χ2v) is 4.57. The van der Waals surface area contributed by atoms with Crippen LogP contribution in [0.4, 0.5) is 11.4 Å². The van der Waals surface area contributed by atoms with E-state index in [9.17, 15) is 10.1 Å². The molecule has 0 saturated carbocycles. The van der Waals surface area contributed by atoms with Crippen molar-refractivity contribution in [3.8, 4) is 0 Å². The van der Waals surface area contributed by atoms with Gasteiger partial charge >= 0.3 is 0 Å². The summed E-state index contributed by atoms with van der Waals surface area (Å²) in [6.07, 6.45) is 1.55. The third kappa shape index (κ3) is 2.53. The predicted octanol–water partition coefficient (Wildman–Crippen LogP) is 3.05. The van der Waals surface area contributed by atoms with Crippen LogP contribution >= 0.6 is 0 Å². The van der Waals surface area contributed by atoms with Gasteiger partial charge in [0.2, 0.25) is 0 Å². The number of hydrogen-bond donors (Lipinski definition) is 1. The Balaban J connectivity index is 1.95.